The van der Waals surface area contributed by atoms with Crippen molar-refractivity contribution in [1.82, 2.24) is 24.5 Å². The van der Waals surface area contributed by atoms with Crippen molar-refractivity contribution in [2.24, 2.45) is 0 Å². The van der Waals surface area contributed by atoms with Gasteiger partial charge in [-0.15, -0.1) is 22.7 Å². The molecule has 0 N–H and O–H groups in total. The number of rotatable bonds is 5. The van der Waals surface area contributed by atoms with E-state index in [1.165, 1.54) is 36.0 Å². The smallest absolute Gasteiger partial charge is 0.162 e. The second kappa shape index (κ2) is 13.5. The van der Waals surface area contributed by atoms with E-state index in [1.807, 2.05) is 35.6 Å². The molecule has 0 saturated carbocycles. The molecule has 5 aromatic heterocycles. The fourth-order valence-corrected chi connectivity index (χ4v) is 11.4. The zero-order chi connectivity index (χ0) is 40.0. The van der Waals surface area contributed by atoms with E-state index in [1.54, 1.807) is 11.3 Å². The van der Waals surface area contributed by atoms with Crippen LogP contribution < -0.4 is 0 Å². The highest BCUT2D eigenvalue weighted by Gasteiger charge is 2.22. The summed E-state index contributed by atoms with van der Waals surface area (Å²) >= 11 is 3.61. The van der Waals surface area contributed by atoms with Crippen molar-refractivity contribution in [2.45, 2.75) is 0 Å². The molecule has 0 saturated heterocycles. The van der Waals surface area contributed by atoms with E-state index in [0.29, 0.717) is 11.6 Å². The summed E-state index contributed by atoms with van der Waals surface area (Å²) in [4.78, 5) is 21.2. The molecule has 0 bridgehead atoms. The maximum atomic E-state index is 5.37. The van der Waals surface area contributed by atoms with Crippen molar-refractivity contribution in [3.8, 4) is 51.0 Å². The topological polar surface area (TPSA) is 56.5 Å². The standard InChI is InChI=1S/C54H31N5S2/c1-3-14-32(15-4-1)48-51-49(40-20-9-12-25-47(40)61-51)57-53(56-48)35-27-29-45-42(31-35)41-30-34(36-21-13-22-38-37-18-8-11-24-46(37)60-50(36)38)26-28-44(41)59(45)54-39-19-7-10-23-43(39)55-52(58-54)33-16-5-2-6-17-33/h1-31H. The lowest BCUT2D eigenvalue weighted by Crippen LogP contribution is -2.02. The monoisotopic (exact) mass is 813 g/mol. The Morgan fingerprint density at radius 3 is 1.74 bits per heavy atom. The van der Waals surface area contributed by atoms with Crippen LogP contribution in [0.2, 0.25) is 0 Å². The Morgan fingerprint density at radius 1 is 0.361 bits per heavy atom. The summed E-state index contributed by atoms with van der Waals surface area (Å²) in [6.07, 6.45) is 0. The number of hydrogen-bond donors (Lipinski definition) is 0. The third-order valence-corrected chi connectivity index (χ3v) is 14.2. The van der Waals surface area contributed by atoms with E-state index in [2.05, 4.69) is 168 Å². The van der Waals surface area contributed by atoms with Crippen LogP contribution in [0.1, 0.15) is 0 Å². The minimum atomic E-state index is 0.687. The number of benzene rings is 8. The van der Waals surface area contributed by atoms with Gasteiger partial charge in [0.15, 0.2) is 11.6 Å². The summed E-state index contributed by atoms with van der Waals surface area (Å²) in [6, 6.07) is 66.6. The van der Waals surface area contributed by atoms with Gasteiger partial charge in [0.25, 0.3) is 0 Å². The molecule has 0 aliphatic heterocycles. The lowest BCUT2D eigenvalue weighted by atomic mass is 10.00. The molecular weight excluding hydrogens is 783 g/mol. The van der Waals surface area contributed by atoms with Crippen molar-refractivity contribution in [3.63, 3.8) is 0 Å². The molecule has 284 valence electrons. The van der Waals surface area contributed by atoms with Crippen LogP contribution in [0.25, 0.3) is 124 Å². The first-order valence-corrected chi connectivity index (χ1v) is 21.9. The molecule has 0 atom stereocenters. The molecule has 61 heavy (non-hydrogen) atoms. The maximum Gasteiger partial charge on any atom is 0.162 e. The van der Waals surface area contributed by atoms with E-state index in [9.17, 15) is 0 Å². The van der Waals surface area contributed by atoms with Gasteiger partial charge in [0, 0.05) is 63.1 Å². The molecule has 0 aliphatic rings. The number of hydrogen-bond acceptors (Lipinski definition) is 6. The Kier molecular flexibility index (Phi) is 7.58. The van der Waals surface area contributed by atoms with Crippen LogP contribution in [0.4, 0.5) is 0 Å². The highest BCUT2D eigenvalue weighted by Crippen LogP contribution is 2.44. The van der Waals surface area contributed by atoms with Gasteiger partial charge in [-0.05, 0) is 65.7 Å². The molecular formula is C54H31N5S2. The van der Waals surface area contributed by atoms with E-state index in [4.69, 9.17) is 19.9 Å². The highest BCUT2D eigenvalue weighted by molar-refractivity contribution is 7.26. The molecule has 5 heterocycles. The predicted octanol–water partition coefficient (Wildman–Crippen LogP) is 14.9. The van der Waals surface area contributed by atoms with Crippen LogP contribution in [0.3, 0.4) is 0 Å². The molecule has 13 rings (SSSR count). The molecule has 8 aromatic carbocycles. The molecule has 13 aromatic rings. The van der Waals surface area contributed by atoms with Gasteiger partial charge in [0.1, 0.15) is 5.82 Å². The SMILES string of the molecule is c1ccc(-c2nc(-n3c4ccc(-c5nc(-c6ccccc6)c6sc7ccccc7c6n5)cc4c4cc(-c5cccc6c5sc5ccccc56)ccc43)c3ccccc3n2)cc1. The van der Waals surface area contributed by atoms with Gasteiger partial charge in [0.2, 0.25) is 0 Å². The summed E-state index contributed by atoms with van der Waals surface area (Å²) in [6.45, 7) is 0. The van der Waals surface area contributed by atoms with E-state index < -0.39 is 0 Å². The summed E-state index contributed by atoms with van der Waals surface area (Å²) in [5.41, 5.74) is 10.3. The molecule has 0 radical (unpaired) electrons. The van der Waals surface area contributed by atoms with E-state index in [-0.39, 0.29) is 0 Å². The molecule has 5 nitrogen and oxygen atoms in total. The second-order valence-corrected chi connectivity index (χ2v) is 17.5. The Bertz CT molecular complexity index is 3880. The lowest BCUT2D eigenvalue weighted by Gasteiger charge is -2.13. The van der Waals surface area contributed by atoms with E-state index in [0.717, 1.165) is 76.5 Å². The Labute approximate surface area is 357 Å². The minimum Gasteiger partial charge on any atom is -0.293 e. The number of thiophene rings is 2. The molecule has 0 amide bonds. The van der Waals surface area contributed by atoms with Crippen LogP contribution in [0.15, 0.2) is 188 Å². The van der Waals surface area contributed by atoms with Crippen molar-refractivity contribution in [3.05, 3.63) is 188 Å². The number of aromatic nitrogens is 5. The summed E-state index contributed by atoms with van der Waals surface area (Å²) < 4.78 is 7.20. The van der Waals surface area contributed by atoms with Crippen LogP contribution in [0.5, 0.6) is 0 Å². The largest absolute Gasteiger partial charge is 0.293 e. The lowest BCUT2D eigenvalue weighted by molar-refractivity contribution is 1.08. The third-order valence-electron chi connectivity index (χ3n) is 11.8. The third kappa shape index (κ3) is 5.38. The van der Waals surface area contributed by atoms with Gasteiger partial charge in [0.05, 0.1) is 32.5 Å². The molecule has 0 unspecified atom stereocenters. The fraction of sp³-hybridized carbons (Fsp3) is 0. The second-order valence-electron chi connectivity index (χ2n) is 15.4. The molecule has 0 spiro atoms. The average Bonchev–Trinajstić information content (AvgIpc) is 4.01. The van der Waals surface area contributed by atoms with Gasteiger partial charge in [-0.25, -0.2) is 19.9 Å². The van der Waals surface area contributed by atoms with E-state index >= 15 is 0 Å². The number of para-hydroxylation sites is 1. The Morgan fingerprint density at radius 2 is 0.951 bits per heavy atom. The Hall–Kier alpha value is -7.58. The van der Waals surface area contributed by atoms with Crippen molar-refractivity contribution in [2.75, 3.05) is 0 Å². The van der Waals surface area contributed by atoms with Crippen molar-refractivity contribution < 1.29 is 0 Å². The van der Waals surface area contributed by atoms with Gasteiger partial charge < -0.3 is 0 Å². The van der Waals surface area contributed by atoms with Crippen molar-refractivity contribution >= 4 is 95.9 Å². The summed E-state index contributed by atoms with van der Waals surface area (Å²) in [5, 5.41) is 6.93. The van der Waals surface area contributed by atoms with Crippen molar-refractivity contribution in [1.29, 1.82) is 0 Å². The van der Waals surface area contributed by atoms with Crippen LogP contribution >= 0.6 is 22.7 Å². The molecule has 7 heteroatoms. The first-order chi connectivity index (χ1) is 30.2. The zero-order valence-electron chi connectivity index (χ0n) is 32.5. The first-order valence-electron chi connectivity index (χ1n) is 20.3. The normalized spacial score (nSPS) is 11.9. The quantitative estimate of drug-likeness (QED) is 0.174. The Balaban J connectivity index is 1.10. The fourth-order valence-electron chi connectivity index (χ4n) is 8.99. The van der Waals surface area contributed by atoms with Crippen LogP contribution in [0, 0.1) is 0 Å². The van der Waals surface area contributed by atoms with Gasteiger partial charge in [-0.1, -0.05) is 133 Å². The first kappa shape index (κ1) is 34.3. The van der Waals surface area contributed by atoms with Gasteiger partial charge in [-0.2, -0.15) is 0 Å². The maximum absolute atomic E-state index is 5.37. The molecule has 0 aliphatic carbocycles. The minimum absolute atomic E-state index is 0.687. The van der Waals surface area contributed by atoms with Gasteiger partial charge >= 0.3 is 0 Å². The average molecular weight is 814 g/mol. The van der Waals surface area contributed by atoms with Crippen LogP contribution in [-0.2, 0) is 0 Å². The molecule has 0 fully saturated rings. The summed E-state index contributed by atoms with van der Waals surface area (Å²) in [7, 11) is 0. The highest BCUT2D eigenvalue weighted by atomic mass is 32.1. The number of nitrogens with zero attached hydrogens (tertiary/aromatic N) is 5. The zero-order valence-corrected chi connectivity index (χ0v) is 34.1. The van der Waals surface area contributed by atoms with Crippen LogP contribution in [-0.4, -0.2) is 24.5 Å². The predicted molar refractivity (Wildman–Crippen MR) is 257 cm³/mol. The summed E-state index contributed by atoms with van der Waals surface area (Å²) in [5.74, 6) is 2.22. The van der Waals surface area contributed by atoms with Gasteiger partial charge in [-0.3, -0.25) is 4.57 Å². The number of fused-ring (bicyclic) bond motifs is 10.